The number of thioether (sulfide) groups is 1. The lowest BCUT2D eigenvalue weighted by Crippen LogP contribution is -2.21. The van der Waals surface area contributed by atoms with Gasteiger partial charge in [-0.3, -0.25) is 0 Å². The SMILES string of the molecule is CSc1ccc(O)c2c1OCC[C@@H]2N. The van der Waals surface area contributed by atoms with Gasteiger partial charge in [-0.2, -0.15) is 0 Å². The Hall–Kier alpha value is -0.870. The van der Waals surface area contributed by atoms with Crippen LogP contribution in [0, 0.1) is 0 Å². The molecule has 0 radical (unpaired) electrons. The fraction of sp³-hybridized carbons (Fsp3) is 0.400. The van der Waals surface area contributed by atoms with Crippen LogP contribution in [0.4, 0.5) is 0 Å². The van der Waals surface area contributed by atoms with E-state index in [2.05, 4.69) is 0 Å². The second-order valence-corrected chi connectivity index (χ2v) is 4.12. The number of ether oxygens (including phenoxy) is 1. The van der Waals surface area contributed by atoms with Crippen LogP contribution in [-0.4, -0.2) is 18.0 Å². The van der Waals surface area contributed by atoms with Crippen molar-refractivity contribution in [1.82, 2.24) is 0 Å². The number of hydrogen-bond donors (Lipinski definition) is 2. The maximum atomic E-state index is 9.68. The number of benzene rings is 1. The summed E-state index contributed by atoms with van der Waals surface area (Å²) in [6.07, 6.45) is 2.74. The van der Waals surface area contributed by atoms with Crippen LogP contribution < -0.4 is 10.5 Å². The third-order valence-corrected chi connectivity index (χ3v) is 3.16. The second-order valence-electron chi connectivity index (χ2n) is 3.27. The number of hydrogen-bond acceptors (Lipinski definition) is 4. The summed E-state index contributed by atoms with van der Waals surface area (Å²) in [6, 6.07) is 3.43. The van der Waals surface area contributed by atoms with Crippen LogP contribution in [0.5, 0.6) is 11.5 Å². The number of phenolic OH excluding ortho intramolecular Hbond substituents is 1. The van der Waals surface area contributed by atoms with E-state index in [1.54, 1.807) is 17.8 Å². The van der Waals surface area contributed by atoms with Gasteiger partial charge in [0.05, 0.1) is 12.2 Å². The van der Waals surface area contributed by atoms with Gasteiger partial charge in [-0.15, -0.1) is 11.8 Å². The van der Waals surface area contributed by atoms with Crippen molar-refractivity contribution in [2.45, 2.75) is 17.4 Å². The molecule has 4 heteroatoms. The molecule has 3 N–H and O–H groups in total. The molecule has 1 aromatic carbocycles. The molecule has 2 rings (SSSR count). The van der Waals surface area contributed by atoms with Crippen LogP contribution >= 0.6 is 11.8 Å². The zero-order chi connectivity index (χ0) is 10.1. The average molecular weight is 211 g/mol. The molecule has 0 unspecified atom stereocenters. The zero-order valence-corrected chi connectivity index (χ0v) is 8.80. The van der Waals surface area contributed by atoms with Crippen LogP contribution in [0.15, 0.2) is 17.0 Å². The van der Waals surface area contributed by atoms with Crippen molar-refractivity contribution >= 4 is 11.8 Å². The number of nitrogens with two attached hydrogens (primary N) is 1. The zero-order valence-electron chi connectivity index (χ0n) is 7.99. The highest BCUT2D eigenvalue weighted by Crippen LogP contribution is 2.42. The first-order valence-electron chi connectivity index (χ1n) is 4.52. The standard InChI is InChI=1S/C10H13NO2S/c1-14-8-3-2-7(12)9-6(11)4-5-13-10(8)9/h2-3,6,12H,4-5,11H2,1H3/t6-/m0/s1. The van der Waals surface area contributed by atoms with Crippen LogP contribution in [0.25, 0.3) is 0 Å². The molecule has 1 aliphatic rings. The lowest BCUT2D eigenvalue weighted by molar-refractivity contribution is 0.257. The van der Waals surface area contributed by atoms with E-state index in [1.165, 1.54) is 0 Å². The molecule has 0 amide bonds. The predicted molar refractivity (Wildman–Crippen MR) is 56.9 cm³/mol. The molecule has 1 aliphatic heterocycles. The van der Waals surface area contributed by atoms with Gasteiger partial charge < -0.3 is 15.6 Å². The molecule has 0 spiro atoms. The summed E-state index contributed by atoms with van der Waals surface area (Å²) < 4.78 is 5.54. The van der Waals surface area contributed by atoms with Gasteiger partial charge in [-0.05, 0) is 18.4 Å². The van der Waals surface area contributed by atoms with Crippen LogP contribution in [-0.2, 0) is 0 Å². The van der Waals surface area contributed by atoms with E-state index >= 15 is 0 Å². The maximum absolute atomic E-state index is 9.68. The van der Waals surface area contributed by atoms with Gasteiger partial charge in [-0.1, -0.05) is 0 Å². The topological polar surface area (TPSA) is 55.5 Å². The number of aromatic hydroxyl groups is 1. The largest absolute Gasteiger partial charge is 0.507 e. The Morgan fingerprint density at radius 3 is 3.07 bits per heavy atom. The van der Waals surface area contributed by atoms with E-state index in [9.17, 15) is 5.11 Å². The van der Waals surface area contributed by atoms with Crippen molar-refractivity contribution in [3.05, 3.63) is 17.7 Å². The van der Waals surface area contributed by atoms with Gasteiger partial charge in [0.2, 0.25) is 0 Å². The summed E-state index contributed by atoms with van der Waals surface area (Å²) in [4.78, 5) is 1.04. The van der Waals surface area contributed by atoms with Gasteiger partial charge in [0.1, 0.15) is 11.5 Å². The van der Waals surface area contributed by atoms with E-state index in [0.717, 1.165) is 22.6 Å². The molecular weight excluding hydrogens is 198 g/mol. The summed E-state index contributed by atoms with van der Waals surface area (Å²) in [5.74, 6) is 1.00. The highest BCUT2D eigenvalue weighted by Gasteiger charge is 2.24. The van der Waals surface area contributed by atoms with Gasteiger partial charge in [0.25, 0.3) is 0 Å². The van der Waals surface area contributed by atoms with E-state index in [4.69, 9.17) is 10.5 Å². The van der Waals surface area contributed by atoms with Crippen molar-refractivity contribution in [2.24, 2.45) is 5.73 Å². The Balaban J connectivity index is 2.57. The van der Waals surface area contributed by atoms with Crippen molar-refractivity contribution in [1.29, 1.82) is 0 Å². The van der Waals surface area contributed by atoms with Gasteiger partial charge in [0.15, 0.2) is 0 Å². The van der Waals surface area contributed by atoms with E-state index in [-0.39, 0.29) is 11.8 Å². The smallest absolute Gasteiger partial charge is 0.141 e. The number of phenols is 1. The van der Waals surface area contributed by atoms with Crippen molar-refractivity contribution in [2.75, 3.05) is 12.9 Å². The molecule has 0 aromatic heterocycles. The predicted octanol–water partition coefficient (Wildman–Crippen LogP) is 1.90. The molecule has 0 bridgehead atoms. The van der Waals surface area contributed by atoms with Gasteiger partial charge in [-0.25, -0.2) is 0 Å². The molecule has 14 heavy (non-hydrogen) atoms. The highest BCUT2D eigenvalue weighted by atomic mass is 32.2. The first-order chi connectivity index (χ1) is 6.74. The Bertz CT molecular complexity index is 354. The molecule has 0 saturated carbocycles. The van der Waals surface area contributed by atoms with Crippen molar-refractivity contribution in [3.63, 3.8) is 0 Å². The monoisotopic (exact) mass is 211 g/mol. The molecule has 0 saturated heterocycles. The Labute approximate surface area is 87.3 Å². The maximum Gasteiger partial charge on any atom is 0.141 e. The number of rotatable bonds is 1. The normalized spacial score (nSPS) is 20.0. The molecule has 1 atom stereocenters. The summed E-state index contributed by atoms with van der Waals surface area (Å²) in [5, 5.41) is 9.68. The third-order valence-electron chi connectivity index (χ3n) is 2.40. The van der Waals surface area contributed by atoms with Gasteiger partial charge in [0, 0.05) is 17.4 Å². The molecule has 0 aliphatic carbocycles. The van der Waals surface area contributed by atoms with Gasteiger partial charge >= 0.3 is 0 Å². The van der Waals surface area contributed by atoms with Crippen LogP contribution in [0.2, 0.25) is 0 Å². The van der Waals surface area contributed by atoms with E-state index in [1.807, 2.05) is 12.3 Å². The molecule has 76 valence electrons. The first-order valence-corrected chi connectivity index (χ1v) is 5.74. The first kappa shape index (κ1) is 9.68. The van der Waals surface area contributed by atoms with E-state index in [0.29, 0.717) is 6.61 Å². The fourth-order valence-electron chi connectivity index (χ4n) is 1.67. The third kappa shape index (κ3) is 1.44. The second kappa shape index (κ2) is 3.71. The van der Waals surface area contributed by atoms with Crippen LogP contribution in [0.3, 0.4) is 0 Å². The minimum Gasteiger partial charge on any atom is -0.507 e. The molecule has 1 aromatic rings. The lowest BCUT2D eigenvalue weighted by atomic mass is 10.0. The summed E-state index contributed by atoms with van der Waals surface area (Å²) in [7, 11) is 0. The minimum absolute atomic E-state index is 0.106. The summed E-state index contributed by atoms with van der Waals surface area (Å²) in [5.41, 5.74) is 6.67. The minimum atomic E-state index is -0.106. The summed E-state index contributed by atoms with van der Waals surface area (Å²) >= 11 is 1.60. The molecule has 0 fully saturated rings. The summed E-state index contributed by atoms with van der Waals surface area (Å²) in [6.45, 7) is 0.630. The van der Waals surface area contributed by atoms with Crippen molar-refractivity contribution in [3.8, 4) is 11.5 Å². The lowest BCUT2D eigenvalue weighted by Gasteiger charge is -2.25. The average Bonchev–Trinajstić information content (AvgIpc) is 2.18. The Kier molecular flexibility index (Phi) is 2.56. The van der Waals surface area contributed by atoms with Crippen molar-refractivity contribution < 1.29 is 9.84 Å². The molecular formula is C10H13NO2S. The van der Waals surface area contributed by atoms with E-state index < -0.39 is 0 Å². The molecule has 3 nitrogen and oxygen atoms in total. The Morgan fingerprint density at radius 2 is 2.36 bits per heavy atom. The Morgan fingerprint density at radius 1 is 1.57 bits per heavy atom. The molecule has 1 heterocycles. The quantitative estimate of drug-likeness (QED) is 0.697. The van der Waals surface area contributed by atoms with Crippen LogP contribution in [0.1, 0.15) is 18.0 Å². The highest BCUT2D eigenvalue weighted by molar-refractivity contribution is 7.98. The number of fused-ring (bicyclic) bond motifs is 1. The fourth-order valence-corrected chi connectivity index (χ4v) is 2.23.